The molecule has 4 aliphatic rings. The van der Waals surface area contributed by atoms with Crippen LogP contribution in [0.15, 0.2) is 23.8 Å². The highest BCUT2D eigenvalue weighted by Crippen LogP contribution is 2.67. The van der Waals surface area contributed by atoms with Gasteiger partial charge < -0.3 is 20.4 Å². The van der Waals surface area contributed by atoms with E-state index < -0.39 is 17.8 Å². The standard InChI is InChI=1S/C28H46O4/c1-16(2)17(3)7-12-28(6,32)25-23(31)15-21-24-20(9-11-27(21,25)5)26(4)10-8-19(29)13-18(26)14-22(24)30/h14,16,19-25,29-32H,3,7-13,15H2,1-2,4-6H3/t19?,20-,21-,22?,23?,24+,25-,26-,27-,28-/m0/s1. The molecule has 4 aliphatic carbocycles. The van der Waals surface area contributed by atoms with Crippen molar-refractivity contribution in [3.05, 3.63) is 23.8 Å². The SMILES string of the molecule is C=C(CC[C@](C)(O)[C@H]1C(O)C[C@H]2[C@@H]3C(O)C=C4CC(O)CC[C@]4(C)[C@H]3CC[C@@]21C)C(C)C. The fourth-order valence-corrected chi connectivity index (χ4v) is 8.63. The van der Waals surface area contributed by atoms with Crippen LogP contribution in [0.2, 0.25) is 0 Å². The van der Waals surface area contributed by atoms with Crippen LogP contribution in [0.5, 0.6) is 0 Å². The molecule has 0 amide bonds. The molecule has 10 atom stereocenters. The smallest absolute Gasteiger partial charge is 0.0757 e. The van der Waals surface area contributed by atoms with Crippen molar-refractivity contribution in [2.75, 3.05) is 0 Å². The predicted molar refractivity (Wildman–Crippen MR) is 128 cm³/mol. The highest BCUT2D eigenvalue weighted by Gasteiger charge is 2.65. The Hall–Kier alpha value is -0.680. The van der Waals surface area contributed by atoms with E-state index in [9.17, 15) is 20.4 Å². The van der Waals surface area contributed by atoms with Crippen molar-refractivity contribution in [3.63, 3.8) is 0 Å². The summed E-state index contributed by atoms with van der Waals surface area (Å²) in [5, 5.41) is 44.5. The van der Waals surface area contributed by atoms with E-state index in [0.29, 0.717) is 31.1 Å². The summed E-state index contributed by atoms with van der Waals surface area (Å²) in [6.07, 6.45) is 7.17. The van der Waals surface area contributed by atoms with Gasteiger partial charge in [-0.1, -0.05) is 51.5 Å². The molecule has 32 heavy (non-hydrogen) atoms. The lowest BCUT2D eigenvalue weighted by Crippen LogP contribution is -2.56. The van der Waals surface area contributed by atoms with Crippen LogP contribution >= 0.6 is 0 Å². The molecular formula is C28H46O4. The van der Waals surface area contributed by atoms with Crippen molar-refractivity contribution < 1.29 is 20.4 Å². The van der Waals surface area contributed by atoms with Gasteiger partial charge in [-0.3, -0.25) is 0 Å². The van der Waals surface area contributed by atoms with Crippen LogP contribution < -0.4 is 0 Å². The highest BCUT2D eigenvalue weighted by molar-refractivity contribution is 5.28. The molecule has 4 heteroatoms. The van der Waals surface area contributed by atoms with Crippen LogP contribution in [0.3, 0.4) is 0 Å². The molecule has 4 nitrogen and oxygen atoms in total. The Morgan fingerprint density at radius 3 is 2.50 bits per heavy atom. The molecule has 4 rings (SSSR count). The second-order valence-corrected chi connectivity index (χ2v) is 12.8. The average Bonchev–Trinajstić information content (AvgIpc) is 2.98. The molecule has 4 N–H and O–H groups in total. The quantitative estimate of drug-likeness (QED) is 0.465. The molecule has 182 valence electrons. The Morgan fingerprint density at radius 1 is 1.16 bits per heavy atom. The summed E-state index contributed by atoms with van der Waals surface area (Å²) in [5.41, 5.74) is 1.26. The zero-order valence-electron chi connectivity index (χ0n) is 20.8. The predicted octanol–water partition coefficient (Wildman–Crippen LogP) is 4.61. The number of aliphatic hydroxyl groups is 4. The lowest BCUT2D eigenvalue weighted by molar-refractivity contribution is -0.136. The molecule has 0 saturated heterocycles. The van der Waals surface area contributed by atoms with Gasteiger partial charge in [-0.2, -0.15) is 0 Å². The Kier molecular flexibility index (Phi) is 6.28. The molecule has 3 saturated carbocycles. The third-order valence-electron chi connectivity index (χ3n) is 10.6. The van der Waals surface area contributed by atoms with Gasteiger partial charge in [-0.15, -0.1) is 0 Å². The number of hydrogen-bond donors (Lipinski definition) is 4. The maximum atomic E-state index is 11.6. The molecule has 3 fully saturated rings. The number of fused-ring (bicyclic) bond motifs is 5. The molecule has 3 unspecified atom stereocenters. The van der Waals surface area contributed by atoms with Crippen LogP contribution in [-0.2, 0) is 0 Å². The summed E-state index contributed by atoms with van der Waals surface area (Å²) in [5.74, 6) is 0.877. The molecule has 0 aromatic rings. The Balaban J connectivity index is 1.62. The summed E-state index contributed by atoms with van der Waals surface area (Å²) in [7, 11) is 0. The minimum atomic E-state index is -0.965. The topological polar surface area (TPSA) is 80.9 Å². The lowest BCUT2D eigenvalue weighted by atomic mass is 9.46. The Labute approximate surface area is 194 Å². The second kappa shape index (κ2) is 8.22. The zero-order chi connectivity index (χ0) is 23.6. The minimum absolute atomic E-state index is 0.0328. The van der Waals surface area contributed by atoms with Gasteiger partial charge in [-0.25, -0.2) is 0 Å². The van der Waals surface area contributed by atoms with E-state index in [1.165, 1.54) is 5.57 Å². The van der Waals surface area contributed by atoms with Gasteiger partial charge in [0.05, 0.1) is 23.9 Å². The van der Waals surface area contributed by atoms with Gasteiger partial charge >= 0.3 is 0 Å². The molecular weight excluding hydrogens is 400 g/mol. The molecule has 0 heterocycles. The van der Waals surface area contributed by atoms with Crippen LogP contribution in [0.1, 0.15) is 86.0 Å². The average molecular weight is 447 g/mol. The maximum Gasteiger partial charge on any atom is 0.0757 e. The molecule has 0 bridgehead atoms. The third kappa shape index (κ3) is 3.74. The molecule has 0 spiro atoms. The largest absolute Gasteiger partial charge is 0.393 e. The summed E-state index contributed by atoms with van der Waals surface area (Å²) in [4.78, 5) is 0. The first-order chi connectivity index (χ1) is 14.8. The maximum absolute atomic E-state index is 11.6. The first-order valence-corrected chi connectivity index (χ1v) is 13.0. The normalized spacial score (nSPS) is 47.8. The zero-order valence-corrected chi connectivity index (χ0v) is 20.8. The van der Waals surface area contributed by atoms with Crippen molar-refractivity contribution in [1.29, 1.82) is 0 Å². The number of aliphatic hydroxyl groups excluding tert-OH is 3. The van der Waals surface area contributed by atoms with Gasteiger partial charge in [0, 0.05) is 5.92 Å². The summed E-state index contributed by atoms with van der Waals surface area (Å²) < 4.78 is 0. The fourth-order valence-electron chi connectivity index (χ4n) is 8.63. The summed E-state index contributed by atoms with van der Waals surface area (Å²) in [6.45, 7) is 15.0. The number of allylic oxidation sites excluding steroid dienone is 1. The van der Waals surface area contributed by atoms with E-state index in [1.807, 2.05) is 13.0 Å². The molecule has 0 radical (unpaired) electrons. The third-order valence-corrected chi connectivity index (χ3v) is 10.6. The number of rotatable bonds is 5. The van der Waals surface area contributed by atoms with Crippen LogP contribution in [0.4, 0.5) is 0 Å². The van der Waals surface area contributed by atoms with Gasteiger partial charge in [-0.05, 0) is 92.8 Å². The molecule has 0 aromatic carbocycles. The summed E-state index contributed by atoms with van der Waals surface area (Å²) in [6, 6.07) is 0. The molecule has 0 aliphatic heterocycles. The monoisotopic (exact) mass is 446 g/mol. The van der Waals surface area contributed by atoms with Gasteiger partial charge in [0.2, 0.25) is 0 Å². The van der Waals surface area contributed by atoms with Gasteiger partial charge in [0.1, 0.15) is 0 Å². The van der Waals surface area contributed by atoms with Crippen molar-refractivity contribution in [2.24, 2.45) is 40.4 Å². The lowest BCUT2D eigenvalue weighted by Gasteiger charge is -2.59. The van der Waals surface area contributed by atoms with E-state index in [1.54, 1.807) is 0 Å². The van der Waals surface area contributed by atoms with Crippen molar-refractivity contribution >= 4 is 0 Å². The van der Waals surface area contributed by atoms with Crippen LogP contribution in [0.25, 0.3) is 0 Å². The minimum Gasteiger partial charge on any atom is -0.393 e. The molecule has 0 aromatic heterocycles. The Morgan fingerprint density at radius 2 is 1.84 bits per heavy atom. The fraction of sp³-hybridized carbons (Fsp3) is 0.857. The van der Waals surface area contributed by atoms with Gasteiger partial charge in [0.15, 0.2) is 0 Å². The summed E-state index contributed by atoms with van der Waals surface area (Å²) >= 11 is 0. The van der Waals surface area contributed by atoms with E-state index in [0.717, 1.165) is 37.7 Å². The van der Waals surface area contributed by atoms with E-state index in [-0.39, 0.29) is 34.7 Å². The highest BCUT2D eigenvalue weighted by atomic mass is 16.3. The van der Waals surface area contributed by atoms with Crippen molar-refractivity contribution in [2.45, 2.75) is 110 Å². The number of hydrogen-bond acceptors (Lipinski definition) is 4. The van der Waals surface area contributed by atoms with Crippen molar-refractivity contribution in [1.82, 2.24) is 0 Å². The first kappa shape index (κ1) is 24.4. The van der Waals surface area contributed by atoms with E-state index in [2.05, 4.69) is 34.3 Å². The van der Waals surface area contributed by atoms with Gasteiger partial charge in [0.25, 0.3) is 0 Å². The van der Waals surface area contributed by atoms with Crippen LogP contribution in [0, 0.1) is 40.4 Å². The van der Waals surface area contributed by atoms with Crippen molar-refractivity contribution in [3.8, 4) is 0 Å². The first-order valence-electron chi connectivity index (χ1n) is 13.0. The van der Waals surface area contributed by atoms with Crippen LogP contribution in [-0.4, -0.2) is 44.3 Å². The Bertz CT molecular complexity index is 769. The van der Waals surface area contributed by atoms with E-state index in [4.69, 9.17) is 0 Å². The second-order valence-electron chi connectivity index (χ2n) is 12.8. The van der Waals surface area contributed by atoms with E-state index >= 15 is 0 Å².